The van der Waals surface area contributed by atoms with Gasteiger partial charge in [-0.15, -0.1) is 0 Å². The maximum Gasteiger partial charge on any atom is 0.269 e. The number of fused-ring (bicyclic) bond motifs is 1. The first-order valence-electron chi connectivity index (χ1n) is 8.92. The number of pyridine rings is 1. The molecule has 0 saturated heterocycles. The lowest BCUT2D eigenvalue weighted by atomic mass is 10.0. The predicted octanol–water partition coefficient (Wildman–Crippen LogP) is 2.70. The molecule has 0 fully saturated rings. The summed E-state index contributed by atoms with van der Waals surface area (Å²) in [6, 6.07) is 22.1. The average Bonchev–Trinajstić information content (AvgIpc) is 2.75. The number of carbonyl (C=O) groups excluding carboxylic acids is 1. The Labute approximate surface area is 161 Å². The van der Waals surface area contributed by atoms with Crippen LogP contribution in [-0.2, 0) is 11.3 Å². The van der Waals surface area contributed by atoms with Crippen molar-refractivity contribution >= 4 is 16.9 Å². The van der Waals surface area contributed by atoms with Gasteiger partial charge in [-0.3, -0.25) is 19.1 Å². The zero-order valence-electron chi connectivity index (χ0n) is 15.0. The summed E-state index contributed by atoms with van der Waals surface area (Å²) in [4.78, 5) is 33.7. The van der Waals surface area contributed by atoms with Crippen LogP contribution < -0.4 is 10.9 Å². The van der Waals surface area contributed by atoms with E-state index in [4.69, 9.17) is 0 Å². The minimum Gasteiger partial charge on any atom is -0.342 e. The van der Waals surface area contributed by atoms with E-state index in [0.717, 1.165) is 11.3 Å². The predicted molar refractivity (Wildman–Crippen MR) is 107 cm³/mol. The Hall–Kier alpha value is -3.80. The molecule has 0 saturated carbocycles. The van der Waals surface area contributed by atoms with Crippen molar-refractivity contribution in [3.63, 3.8) is 0 Å². The van der Waals surface area contributed by atoms with E-state index in [9.17, 15) is 9.59 Å². The first kappa shape index (κ1) is 17.6. The van der Waals surface area contributed by atoms with Crippen LogP contribution in [0, 0.1) is 0 Å². The molecule has 2 aromatic heterocycles. The van der Waals surface area contributed by atoms with Gasteiger partial charge in [0.2, 0.25) is 5.91 Å². The molecule has 138 valence electrons. The third-order valence-electron chi connectivity index (χ3n) is 4.48. The number of nitrogens with one attached hydrogen (secondary N) is 1. The van der Waals surface area contributed by atoms with Crippen LogP contribution in [0.5, 0.6) is 0 Å². The van der Waals surface area contributed by atoms with E-state index in [1.54, 1.807) is 12.3 Å². The minimum atomic E-state index is -0.404. The largest absolute Gasteiger partial charge is 0.342 e. The second kappa shape index (κ2) is 7.84. The highest BCUT2D eigenvalue weighted by Crippen LogP contribution is 2.20. The summed E-state index contributed by atoms with van der Waals surface area (Å²) >= 11 is 0. The van der Waals surface area contributed by atoms with Gasteiger partial charge in [0.15, 0.2) is 0 Å². The highest BCUT2D eigenvalue weighted by molar-refractivity contribution is 5.80. The van der Waals surface area contributed by atoms with E-state index in [1.807, 2.05) is 66.7 Å². The van der Waals surface area contributed by atoms with Crippen LogP contribution in [0.15, 0.2) is 90.0 Å². The van der Waals surface area contributed by atoms with Crippen LogP contribution in [0.25, 0.3) is 11.0 Å². The fraction of sp³-hybridized carbons (Fsp3) is 0.0909. The number of nitrogens with zero attached hydrogens (tertiary/aromatic N) is 3. The molecule has 0 aliphatic rings. The van der Waals surface area contributed by atoms with E-state index < -0.39 is 6.04 Å². The molecule has 1 atom stereocenters. The smallest absolute Gasteiger partial charge is 0.269 e. The quantitative estimate of drug-likeness (QED) is 0.586. The molecule has 1 amide bonds. The third-order valence-corrected chi connectivity index (χ3v) is 4.48. The monoisotopic (exact) mass is 370 g/mol. The number of carbonyl (C=O) groups is 1. The summed E-state index contributed by atoms with van der Waals surface area (Å²) in [5.74, 6) is -0.280. The molecule has 0 aliphatic carbocycles. The summed E-state index contributed by atoms with van der Waals surface area (Å²) in [6.45, 7) is -0.0992. The maximum atomic E-state index is 12.8. The van der Waals surface area contributed by atoms with Crippen molar-refractivity contribution in [2.24, 2.45) is 0 Å². The summed E-state index contributed by atoms with van der Waals surface area (Å²) in [5, 5.41) is 3.01. The van der Waals surface area contributed by atoms with Crippen molar-refractivity contribution in [1.82, 2.24) is 19.9 Å². The Morgan fingerprint density at radius 1 is 0.929 bits per heavy atom. The summed E-state index contributed by atoms with van der Waals surface area (Å²) in [6.07, 6.45) is 2.93. The molecular weight excluding hydrogens is 352 g/mol. The maximum absolute atomic E-state index is 12.8. The van der Waals surface area contributed by atoms with Crippen molar-refractivity contribution in [2.45, 2.75) is 12.6 Å². The number of benzene rings is 2. The first-order valence-corrected chi connectivity index (χ1v) is 8.92. The van der Waals surface area contributed by atoms with Crippen molar-refractivity contribution in [3.8, 4) is 0 Å². The van der Waals surface area contributed by atoms with E-state index in [1.165, 1.54) is 10.8 Å². The van der Waals surface area contributed by atoms with Gasteiger partial charge in [-0.25, -0.2) is 4.98 Å². The van der Waals surface area contributed by atoms with Crippen LogP contribution in [0.3, 0.4) is 0 Å². The molecule has 1 N–H and O–H groups in total. The zero-order chi connectivity index (χ0) is 19.3. The van der Waals surface area contributed by atoms with Gasteiger partial charge in [-0.05, 0) is 29.8 Å². The van der Waals surface area contributed by atoms with Gasteiger partial charge in [-0.1, -0.05) is 48.5 Å². The van der Waals surface area contributed by atoms with Gasteiger partial charge in [-0.2, -0.15) is 0 Å². The number of rotatable bonds is 5. The van der Waals surface area contributed by atoms with E-state index in [0.29, 0.717) is 11.0 Å². The van der Waals surface area contributed by atoms with Gasteiger partial charge >= 0.3 is 0 Å². The van der Waals surface area contributed by atoms with Crippen LogP contribution in [0.1, 0.15) is 17.3 Å². The van der Waals surface area contributed by atoms with Crippen molar-refractivity contribution in [2.75, 3.05) is 0 Å². The van der Waals surface area contributed by atoms with Crippen LogP contribution in [0.2, 0.25) is 0 Å². The first-order chi connectivity index (χ1) is 13.7. The Bertz CT molecular complexity index is 1120. The molecular formula is C22H18N4O2. The lowest BCUT2D eigenvalue weighted by Crippen LogP contribution is -2.35. The van der Waals surface area contributed by atoms with Crippen LogP contribution in [0.4, 0.5) is 0 Å². The lowest BCUT2D eigenvalue weighted by Gasteiger charge is -2.19. The normalized spacial score (nSPS) is 11.9. The number of hydrogen-bond acceptors (Lipinski definition) is 4. The van der Waals surface area contributed by atoms with Gasteiger partial charge in [0.05, 0.1) is 29.0 Å². The van der Waals surface area contributed by atoms with Crippen molar-refractivity contribution < 1.29 is 4.79 Å². The molecule has 0 bridgehead atoms. The van der Waals surface area contributed by atoms with E-state index >= 15 is 0 Å². The molecule has 28 heavy (non-hydrogen) atoms. The molecule has 6 heteroatoms. The van der Waals surface area contributed by atoms with Crippen LogP contribution in [-0.4, -0.2) is 20.4 Å². The average molecular weight is 370 g/mol. The molecule has 4 rings (SSSR count). The molecule has 0 unspecified atom stereocenters. The number of amides is 1. The summed E-state index contributed by atoms with van der Waals surface area (Å²) < 4.78 is 1.43. The molecule has 2 heterocycles. The molecule has 4 aromatic rings. The standard InChI is InChI=1S/C22H18N4O2/c27-20(15-26-19-12-5-4-10-17(19)24-14-21(26)28)25-22(16-8-2-1-3-9-16)18-11-6-7-13-23-18/h1-14,22H,15H2,(H,25,27)/t22-/m0/s1. The number of para-hydroxylation sites is 2. The Balaban J connectivity index is 1.65. The van der Waals surface area contributed by atoms with E-state index in [2.05, 4.69) is 15.3 Å². The lowest BCUT2D eigenvalue weighted by molar-refractivity contribution is -0.122. The molecule has 2 aromatic carbocycles. The SMILES string of the molecule is O=C(Cn1c(=O)cnc2ccccc21)N[C@@H](c1ccccc1)c1ccccn1. The molecule has 0 spiro atoms. The highest BCUT2D eigenvalue weighted by atomic mass is 16.2. The minimum absolute atomic E-state index is 0.0992. The zero-order valence-corrected chi connectivity index (χ0v) is 15.0. The van der Waals surface area contributed by atoms with Crippen molar-refractivity contribution in [3.05, 3.63) is 107 Å². The topological polar surface area (TPSA) is 76.9 Å². The fourth-order valence-corrected chi connectivity index (χ4v) is 3.15. The summed E-state index contributed by atoms with van der Waals surface area (Å²) in [7, 11) is 0. The molecule has 6 nitrogen and oxygen atoms in total. The Morgan fingerprint density at radius 3 is 2.46 bits per heavy atom. The van der Waals surface area contributed by atoms with Gasteiger partial charge < -0.3 is 5.32 Å². The second-order valence-electron chi connectivity index (χ2n) is 6.34. The fourth-order valence-electron chi connectivity index (χ4n) is 3.15. The van der Waals surface area contributed by atoms with Crippen LogP contribution >= 0.6 is 0 Å². The highest BCUT2D eigenvalue weighted by Gasteiger charge is 2.18. The molecule has 0 radical (unpaired) electrons. The second-order valence-corrected chi connectivity index (χ2v) is 6.34. The van der Waals surface area contributed by atoms with Gasteiger partial charge in [0, 0.05) is 6.20 Å². The van der Waals surface area contributed by atoms with Crippen molar-refractivity contribution in [1.29, 1.82) is 0 Å². The van der Waals surface area contributed by atoms with E-state index in [-0.39, 0.29) is 18.0 Å². The number of hydrogen-bond donors (Lipinski definition) is 1. The third kappa shape index (κ3) is 3.66. The Kier molecular flexibility index (Phi) is 4.93. The van der Waals surface area contributed by atoms with Gasteiger partial charge in [0.1, 0.15) is 6.54 Å². The van der Waals surface area contributed by atoms with Gasteiger partial charge in [0.25, 0.3) is 5.56 Å². The molecule has 0 aliphatic heterocycles. The summed E-state index contributed by atoms with van der Waals surface area (Å²) in [5.41, 5.74) is 2.62. The Morgan fingerprint density at radius 2 is 1.68 bits per heavy atom. The number of aromatic nitrogens is 3.